The van der Waals surface area contributed by atoms with Crippen molar-refractivity contribution in [1.82, 2.24) is 0 Å². The minimum absolute atomic E-state index is 0.0872. The van der Waals surface area contributed by atoms with Gasteiger partial charge >= 0.3 is 0 Å². The number of ether oxygens (including phenoxy) is 1. The van der Waals surface area contributed by atoms with E-state index in [1.807, 2.05) is 13.8 Å². The number of ketones is 3. The molecule has 31 heavy (non-hydrogen) atoms. The van der Waals surface area contributed by atoms with Crippen molar-refractivity contribution in [1.29, 1.82) is 0 Å². The third-order valence-electron chi connectivity index (χ3n) is 9.31. The van der Waals surface area contributed by atoms with Crippen molar-refractivity contribution in [2.24, 2.45) is 22.7 Å². The molecule has 0 radical (unpaired) electrons. The van der Waals surface area contributed by atoms with Crippen LogP contribution in [-0.2, 0) is 19.1 Å². The first kappa shape index (κ1) is 22.5. The van der Waals surface area contributed by atoms with Gasteiger partial charge in [-0.3, -0.25) is 14.4 Å². The lowest BCUT2D eigenvalue weighted by atomic mass is 9.45. The second-order valence-corrected chi connectivity index (χ2v) is 10.5. The summed E-state index contributed by atoms with van der Waals surface area (Å²) in [7, 11) is 0. The van der Waals surface area contributed by atoms with Crippen molar-refractivity contribution in [3.05, 3.63) is 23.8 Å². The van der Waals surface area contributed by atoms with E-state index in [0.29, 0.717) is 25.7 Å². The first-order chi connectivity index (χ1) is 14.4. The van der Waals surface area contributed by atoms with E-state index in [9.17, 15) is 19.5 Å². The van der Waals surface area contributed by atoms with Gasteiger partial charge in [-0.15, -0.1) is 0 Å². The number of aliphatic hydroxyl groups is 1. The second-order valence-electron chi connectivity index (χ2n) is 10.5. The zero-order chi connectivity index (χ0) is 22.8. The Hall–Kier alpha value is -1.66. The molecule has 1 N–H and O–H groups in total. The van der Waals surface area contributed by atoms with Crippen molar-refractivity contribution < 1.29 is 28.6 Å². The van der Waals surface area contributed by atoms with Crippen LogP contribution in [0.4, 0.5) is 4.39 Å². The van der Waals surface area contributed by atoms with Gasteiger partial charge in [0.2, 0.25) is 0 Å². The molecule has 0 aromatic rings. The molecule has 4 aliphatic carbocycles. The van der Waals surface area contributed by atoms with Crippen molar-refractivity contribution in [2.75, 3.05) is 6.61 Å². The molecular formula is C25H33FO5. The van der Waals surface area contributed by atoms with Gasteiger partial charge in [-0.25, -0.2) is 4.39 Å². The normalized spacial score (nSPS) is 44.7. The van der Waals surface area contributed by atoms with Gasteiger partial charge in [0.1, 0.15) is 24.0 Å². The number of allylic oxidation sites excluding steroid dienone is 4. The number of halogens is 1. The minimum atomic E-state index is -1.58. The number of carbonyl (C=O) groups is 3. The number of alkyl halides is 1. The Kier molecular flexibility index (Phi) is 5.21. The summed E-state index contributed by atoms with van der Waals surface area (Å²) in [5.41, 5.74) is -3.79. The molecule has 0 spiro atoms. The van der Waals surface area contributed by atoms with Gasteiger partial charge in [0.25, 0.3) is 0 Å². The van der Waals surface area contributed by atoms with Crippen LogP contribution < -0.4 is 0 Å². The van der Waals surface area contributed by atoms with Crippen molar-refractivity contribution in [2.45, 2.75) is 83.6 Å². The highest BCUT2D eigenvalue weighted by molar-refractivity contribution is 6.01. The minimum Gasteiger partial charge on any atom is -0.381 e. The van der Waals surface area contributed by atoms with Gasteiger partial charge in [0.05, 0.1) is 0 Å². The molecule has 0 aliphatic heterocycles. The summed E-state index contributed by atoms with van der Waals surface area (Å²) >= 11 is 0. The van der Waals surface area contributed by atoms with Crippen LogP contribution in [0, 0.1) is 22.7 Å². The van der Waals surface area contributed by atoms with Crippen LogP contribution in [0.25, 0.3) is 0 Å². The number of rotatable bonds is 5. The molecule has 1 unspecified atom stereocenters. The molecule has 3 fully saturated rings. The van der Waals surface area contributed by atoms with E-state index < -0.39 is 34.0 Å². The van der Waals surface area contributed by atoms with E-state index in [2.05, 4.69) is 0 Å². The average molecular weight is 433 g/mol. The Balaban J connectivity index is 1.61. The first-order valence-electron chi connectivity index (χ1n) is 11.4. The summed E-state index contributed by atoms with van der Waals surface area (Å²) in [6, 6.07) is 0. The summed E-state index contributed by atoms with van der Waals surface area (Å²) in [6.07, 6.45) is 6.85. The monoisotopic (exact) mass is 432 g/mol. The van der Waals surface area contributed by atoms with E-state index >= 15 is 4.39 Å². The molecule has 0 aromatic carbocycles. The fourth-order valence-electron chi connectivity index (χ4n) is 7.00. The van der Waals surface area contributed by atoms with Crippen LogP contribution in [0.5, 0.6) is 0 Å². The van der Waals surface area contributed by atoms with Crippen LogP contribution in [-0.4, -0.2) is 46.4 Å². The molecule has 0 amide bonds. The SMILES string of the molecule is CC(=O)C(C)OCC(=O)[C@@]1(O)CC[C@H]2[C@@H]3CCC4=CC(=O)C=C[C@]4(C)[C@@]3(F)CC[C@@]21C. The summed E-state index contributed by atoms with van der Waals surface area (Å²) in [6.45, 7) is 6.48. The molecular weight excluding hydrogens is 399 g/mol. The van der Waals surface area contributed by atoms with Gasteiger partial charge in [-0.2, -0.15) is 0 Å². The largest absolute Gasteiger partial charge is 0.381 e. The lowest BCUT2D eigenvalue weighted by molar-refractivity contribution is -0.180. The predicted molar refractivity (Wildman–Crippen MR) is 113 cm³/mol. The van der Waals surface area contributed by atoms with Crippen LogP contribution in [0.15, 0.2) is 23.8 Å². The fraction of sp³-hybridized carbons (Fsp3) is 0.720. The summed E-state index contributed by atoms with van der Waals surface area (Å²) < 4.78 is 22.2. The zero-order valence-electron chi connectivity index (χ0n) is 18.9. The van der Waals surface area contributed by atoms with E-state index in [1.54, 1.807) is 19.1 Å². The molecule has 6 heteroatoms. The number of hydrogen-bond acceptors (Lipinski definition) is 5. The zero-order valence-corrected chi connectivity index (χ0v) is 18.9. The maximum absolute atomic E-state index is 16.8. The van der Waals surface area contributed by atoms with E-state index in [0.717, 1.165) is 5.57 Å². The quantitative estimate of drug-likeness (QED) is 0.717. The molecule has 0 aromatic heterocycles. The first-order valence-corrected chi connectivity index (χ1v) is 11.4. The van der Waals surface area contributed by atoms with Gasteiger partial charge in [-0.05, 0) is 83.3 Å². The van der Waals surface area contributed by atoms with Crippen molar-refractivity contribution in [3.8, 4) is 0 Å². The summed E-state index contributed by atoms with van der Waals surface area (Å²) in [4.78, 5) is 36.4. The standard InChI is InChI=1S/C25H33FO5/c1-15(27)16(2)31-14-21(29)25(30)10-8-19-20-6-5-17-13-18(28)7-9-22(17,3)24(20,26)12-11-23(19,25)4/h7,9,13,16,19-20,30H,5-6,8,10-12,14H2,1-4H3/t16?,19-,20-,22-,23-,24+,25-/m0/s1. The number of carbonyl (C=O) groups excluding carboxylic acids is 3. The topological polar surface area (TPSA) is 80.7 Å². The fourth-order valence-corrected chi connectivity index (χ4v) is 7.00. The van der Waals surface area contributed by atoms with Gasteiger partial charge in [-0.1, -0.05) is 18.6 Å². The molecule has 0 heterocycles. The molecule has 7 atom stereocenters. The lowest BCUT2D eigenvalue weighted by Crippen LogP contribution is -2.63. The number of Topliss-reactive ketones (excluding diaryl/α,β-unsaturated/α-hetero) is 2. The average Bonchev–Trinajstić information content (AvgIpc) is 2.99. The second kappa shape index (κ2) is 7.17. The van der Waals surface area contributed by atoms with E-state index in [4.69, 9.17) is 4.74 Å². The molecule has 170 valence electrons. The van der Waals surface area contributed by atoms with E-state index in [-0.39, 0.29) is 42.9 Å². The van der Waals surface area contributed by atoms with E-state index in [1.165, 1.54) is 13.0 Å². The predicted octanol–water partition coefficient (Wildman–Crippen LogP) is 3.68. The third kappa shape index (κ3) is 2.97. The lowest BCUT2D eigenvalue weighted by Gasteiger charge is -2.60. The summed E-state index contributed by atoms with van der Waals surface area (Å²) in [5, 5.41) is 11.6. The van der Waals surface area contributed by atoms with Crippen molar-refractivity contribution >= 4 is 17.3 Å². The Bertz CT molecular complexity index is 892. The summed E-state index contributed by atoms with van der Waals surface area (Å²) in [5.74, 6) is -1.09. The highest BCUT2D eigenvalue weighted by Crippen LogP contribution is 2.69. The molecule has 0 bridgehead atoms. The van der Waals surface area contributed by atoms with Gasteiger partial charge < -0.3 is 9.84 Å². The van der Waals surface area contributed by atoms with Crippen LogP contribution in [0.1, 0.15) is 66.2 Å². The number of fused-ring (bicyclic) bond motifs is 5. The molecule has 4 rings (SSSR count). The molecule has 3 saturated carbocycles. The Morgan fingerprint density at radius 3 is 2.61 bits per heavy atom. The Morgan fingerprint density at radius 1 is 1.23 bits per heavy atom. The Labute approximate surface area is 183 Å². The van der Waals surface area contributed by atoms with Crippen LogP contribution in [0.3, 0.4) is 0 Å². The molecule has 4 aliphatic rings. The van der Waals surface area contributed by atoms with Gasteiger partial charge in [0.15, 0.2) is 17.3 Å². The number of hydrogen-bond donors (Lipinski definition) is 1. The maximum atomic E-state index is 16.8. The Morgan fingerprint density at radius 2 is 1.94 bits per heavy atom. The van der Waals surface area contributed by atoms with Gasteiger partial charge in [0, 0.05) is 10.8 Å². The highest BCUT2D eigenvalue weighted by atomic mass is 19.1. The highest BCUT2D eigenvalue weighted by Gasteiger charge is 2.71. The third-order valence-corrected chi connectivity index (χ3v) is 9.31. The van der Waals surface area contributed by atoms with Crippen LogP contribution >= 0.6 is 0 Å². The van der Waals surface area contributed by atoms with Crippen LogP contribution in [0.2, 0.25) is 0 Å². The smallest absolute Gasteiger partial charge is 0.190 e. The molecule has 5 nitrogen and oxygen atoms in total. The molecule has 0 saturated heterocycles. The maximum Gasteiger partial charge on any atom is 0.190 e. The van der Waals surface area contributed by atoms with Crippen molar-refractivity contribution in [3.63, 3.8) is 0 Å².